The van der Waals surface area contributed by atoms with Crippen molar-refractivity contribution in [2.45, 2.75) is 25.3 Å². The summed E-state index contributed by atoms with van der Waals surface area (Å²) in [5, 5.41) is 17.4. The Morgan fingerprint density at radius 2 is 2.30 bits per heavy atom. The Labute approximate surface area is 116 Å². The standard InChI is InChI=1S/C15H15FN2O2/c16-12-3-6-14(11(10-12)2-7-15(19)20)18(9-1-8-17)13-4-5-13/h2-3,6-7,10,13H,1,4-5,9H2,(H,19,20). The molecule has 2 rings (SSSR count). The SMILES string of the molecule is N#CCCN(c1ccc(F)cc1C=CC(=O)O)C1CC1. The van der Waals surface area contributed by atoms with Gasteiger partial charge in [-0.25, -0.2) is 9.18 Å². The monoisotopic (exact) mass is 274 g/mol. The summed E-state index contributed by atoms with van der Waals surface area (Å²) in [7, 11) is 0. The quantitative estimate of drug-likeness (QED) is 0.810. The summed E-state index contributed by atoms with van der Waals surface area (Å²) >= 11 is 0. The molecule has 0 bridgehead atoms. The van der Waals surface area contributed by atoms with Crippen LogP contribution in [0.2, 0.25) is 0 Å². The molecular formula is C15H15FN2O2. The summed E-state index contributed by atoms with van der Waals surface area (Å²) in [5.74, 6) is -1.48. The minimum Gasteiger partial charge on any atom is -0.478 e. The lowest BCUT2D eigenvalue weighted by Gasteiger charge is -2.25. The molecule has 0 amide bonds. The van der Waals surface area contributed by atoms with Crippen LogP contribution in [0.25, 0.3) is 6.08 Å². The van der Waals surface area contributed by atoms with Gasteiger partial charge >= 0.3 is 5.97 Å². The molecule has 1 aromatic carbocycles. The highest BCUT2D eigenvalue weighted by molar-refractivity contribution is 5.87. The van der Waals surface area contributed by atoms with Crippen LogP contribution in [0.1, 0.15) is 24.8 Å². The molecule has 0 atom stereocenters. The van der Waals surface area contributed by atoms with Crippen molar-refractivity contribution in [2.75, 3.05) is 11.4 Å². The van der Waals surface area contributed by atoms with E-state index in [0.717, 1.165) is 24.6 Å². The Morgan fingerprint density at radius 1 is 1.55 bits per heavy atom. The fraction of sp³-hybridized carbons (Fsp3) is 0.333. The molecule has 0 spiro atoms. The van der Waals surface area contributed by atoms with Crippen LogP contribution in [0.5, 0.6) is 0 Å². The third-order valence-corrected chi connectivity index (χ3v) is 3.16. The normalized spacial score (nSPS) is 14.2. The molecule has 1 aromatic rings. The second kappa shape index (κ2) is 6.20. The molecule has 0 aromatic heterocycles. The summed E-state index contributed by atoms with van der Waals surface area (Å²) in [6.07, 6.45) is 4.86. The summed E-state index contributed by atoms with van der Waals surface area (Å²) in [4.78, 5) is 12.7. The number of hydrogen-bond donors (Lipinski definition) is 1. The van der Waals surface area contributed by atoms with E-state index in [1.165, 1.54) is 18.2 Å². The molecule has 5 heteroatoms. The molecule has 1 aliphatic rings. The lowest BCUT2D eigenvalue weighted by molar-refractivity contribution is -0.131. The molecule has 0 saturated heterocycles. The molecule has 1 N–H and O–H groups in total. The largest absolute Gasteiger partial charge is 0.478 e. The number of nitrogens with zero attached hydrogens (tertiary/aromatic N) is 2. The Kier molecular flexibility index (Phi) is 4.36. The van der Waals surface area contributed by atoms with Crippen LogP contribution in [-0.4, -0.2) is 23.7 Å². The summed E-state index contributed by atoms with van der Waals surface area (Å²) in [5.41, 5.74) is 1.30. The van der Waals surface area contributed by atoms with E-state index in [1.54, 1.807) is 6.07 Å². The second-order valence-corrected chi connectivity index (χ2v) is 4.71. The van der Waals surface area contributed by atoms with Crippen molar-refractivity contribution >= 4 is 17.7 Å². The number of carboxylic acids is 1. The smallest absolute Gasteiger partial charge is 0.328 e. The van der Waals surface area contributed by atoms with Crippen LogP contribution in [0.4, 0.5) is 10.1 Å². The van der Waals surface area contributed by atoms with Gasteiger partial charge in [0.15, 0.2) is 0 Å². The Hall–Kier alpha value is -2.35. The first-order valence-electron chi connectivity index (χ1n) is 6.46. The maximum Gasteiger partial charge on any atom is 0.328 e. The van der Waals surface area contributed by atoms with E-state index in [-0.39, 0.29) is 0 Å². The molecule has 0 aliphatic heterocycles. The molecule has 0 heterocycles. The van der Waals surface area contributed by atoms with E-state index < -0.39 is 11.8 Å². The summed E-state index contributed by atoms with van der Waals surface area (Å²) in [6.45, 7) is 0.570. The van der Waals surface area contributed by atoms with Gasteiger partial charge in [-0.1, -0.05) is 0 Å². The van der Waals surface area contributed by atoms with Gasteiger partial charge in [0.1, 0.15) is 5.82 Å². The highest BCUT2D eigenvalue weighted by atomic mass is 19.1. The number of nitriles is 1. The van der Waals surface area contributed by atoms with Crippen molar-refractivity contribution < 1.29 is 14.3 Å². The van der Waals surface area contributed by atoms with Crippen molar-refractivity contribution in [3.05, 3.63) is 35.7 Å². The fourth-order valence-electron chi connectivity index (χ4n) is 2.14. The first kappa shape index (κ1) is 14.1. The number of carbonyl (C=O) groups is 1. The van der Waals surface area contributed by atoms with Gasteiger partial charge in [0, 0.05) is 29.9 Å². The van der Waals surface area contributed by atoms with Crippen LogP contribution in [-0.2, 0) is 4.79 Å². The number of anilines is 1. The Bertz CT molecular complexity index is 574. The van der Waals surface area contributed by atoms with E-state index in [0.29, 0.717) is 24.6 Å². The first-order valence-corrected chi connectivity index (χ1v) is 6.46. The third kappa shape index (κ3) is 3.58. The van der Waals surface area contributed by atoms with Gasteiger partial charge in [0.05, 0.1) is 12.5 Å². The van der Waals surface area contributed by atoms with E-state index in [4.69, 9.17) is 10.4 Å². The molecule has 4 nitrogen and oxygen atoms in total. The van der Waals surface area contributed by atoms with Crippen LogP contribution in [0.15, 0.2) is 24.3 Å². The van der Waals surface area contributed by atoms with Gasteiger partial charge in [0.2, 0.25) is 0 Å². The predicted molar refractivity (Wildman–Crippen MR) is 73.7 cm³/mol. The summed E-state index contributed by atoms with van der Waals surface area (Å²) < 4.78 is 13.4. The minimum absolute atomic E-state index is 0.366. The zero-order valence-electron chi connectivity index (χ0n) is 10.9. The maximum atomic E-state index is 13.4. The van der Waals surface area contributed by atoms with Gasteiger partial charge in [-0.2, -0.15) is 5.26 Å². The van der Waals surface area contributed by atoms with Crippen LogP contribution in [0.3, 0.4) is 0 Å². The molecule has 1 fully saturated rings. The Balaban J connectivity index is 2.32. The van der Waals surface area contributed by atoms with Crippen LogP contribution in [0, 0.1) is 17.1 Å². The minimum atomic E-state index is -1.07. The number of carboxylic acid groups (broad SMARTS) is 1. The predicted octanol–water partition coefficient (Wildman–Crippen LogP) is 2.81. The van der Waals surface area contributed by atoms with Crippen molar-refractivity contribution in [1.29, 1.82) is 5.26 Å². The van der Waals surface area contributed by atoms with Crippen molar-refractivity contribution in [1.82, 2.24) is 0 Å². The Morgan fingerprint density at radius 3 is 2.90 bits per heavy atom. The first-order chi connectivity index (χ1) is 9.61. The number of aliphatic carboxylic acids is 1. The van der Waals surface area contributed by atoms with Gasteiger partial charge < -0.3 is 10.0 Å². The van der Waals surface area contributed by atoms with Gasteiger partial charge in [-0.15, -0.1) is 0 Å². The fourth-order valence-corrected chi connectivity index (χ4v) is 2.14. The van der Waals surface area contributed by atoms with E-state index in [9.17, 15) is 9.18 Å². The number of rotatable bonds is 6. The van der Waals surface area contributed by atoms with E-state index in [2.05, 4.69) is 11.0 Å². The number of hydrogen-bond acceptors (Lipinski definition) is 3. The number of halogens is 1. The average molecular weight is 274 g/mol. The van der Waals surface area contributed by atoms with Gasteiger partial charge in [-0.05, 0) is 37.1 Å². The van der Waals surface area contributed by atoms with Crippen LogP contribution < -0.4 is 4.90 Å². The molecular weight excluding hydrogens is 259 g/mol. The molecule has 0 radical (unpaired) electrons. The van der Waals surface area contributed by atoms with Crippen molar-refractivity contribution in [3.8, 4) is 6.07 Å². The molecule has 0 unspecified atom stereocenters. The van der Waals surface area contributed by atoms with Crippen LogP contribution >= 0.6 is 0 Å². The highest BCUT2D eigenvalue weighted by Crippen LogP contribution is 2.34. The topological polar surface area (TPSA) is 64.3 Å². The average Bonchev–Trinajstić information content (AvgIpc) is 3.23. The van der Waals surface area contributed by atoms with Crippen molar-refractivity contribution in [3.63, 3.8) is 0 Å². The zero-order valence-corrected chi connectivity index (χ0v) is 10.9. The summed E-state index contributed by atoms with van der Waals surface area (Å²) in [6, 6.07) is 6.79. The number of benzene rings is 1. The van der Waals surface area contributed by atoms with Crippen molar-refractivity contribution in [2.24, 2.45) is 0 Å². The molecule has 104 valence electrons. The highest BCUT2D eigenvalue weighted by Gasteiger charge is 2.29. The van der Waals surface area contributed by atoms with E-state index in [1.807, 2.05) is 0 Å². The maximum absolute atomic E-state index is 13.4. The lowest BCUT2D eigenvalue weighted by Crippen LogP contribution is -2.27. The van der Waals surface area contributed by atoms with Gasteiger partial charge in [-0.3, -0.25) is 0 Å². The zero-order chi connectivity index (χ0) is 14.5. The second-order valence-electron chi connectivity index (χ2n) is 4.71. The van der Waals surface area contributed by atoms with Gasteiger partial charge in [0.25, 0.3) is 0 Å². The third-order valence-electron chi connectivity index (χ3n) is 3.16. The lowest BCUT2D eigenvalue weighted by atomic mass is 10.1. The molecule has 1 aliphatic carbocycles. The molecule has 20 heavy (non-hydrogen) atoms. The molecule has 1 saturated carbocycles. The van der Waals surface area contributed by atoms with E-state index >= 15 is 0 Å².